The van der Waals surface area contributed by atoms with Crippen molar-refractivity contribution < 1.29 is 18.9 Å². The minimum absolute atomic E-state index is 0.700. The fourth-order valence-electron chi connectivity index (χ4n) is 2.53. The van der Waals surface area contributed by atoms with Gasteiger partial charge < -0.3 is 24.3 Å². The van der Waals surface area contributed by atoms with Gasteiger partial charge in [-0.3, -0.25) is 0 Å². The highest BCUT2D eigenvalue weighted by molar-refractivity contribution is 7.99. The van der Waals surface area contributed by atoms with Gasteiger partial charge in [-0.1, -0.05) is 11.8 Å². The van der Waals surface area contributed by atoms with Crippen LogP contribution in [0, 0.1) is 0 Å². The molecule has 0 bridgehead atoms. The van der Waals surface area contributed by atoms with E-state index in [1.165, 1.54) is 0 Å². The highest BCUT2D eigenvalue weighted by Crippen LogP contribution is 2.46. The van der Waals surface area contributed by atoms with Crippen LogP contribution in [0.1, 0.15) is 5.56 Å². The third-order valence-corrected chi connectivity index (χ3v) is 4.90. The molecule has 0 amide bonds. The summed E-state index contributed by atoms with van der Waals surface area (Å²) in [6.07, 6.45) is 0. The lowest BCUT2D eigenvalue weighted by Crippen LogP contribution is -2.01. The van der Waals surface area contributed by atoms with Crippen molar-refractivity contribution in [2.45, 2.75) is 16.3 Å². The maximum Gasteiger partial charge on any atom is 0.162 e. The smallest absolute Gasteiger partial charge is 0.162 e. The summed E-state index contributed by atoms with van der Waals surface area (Å²) in [5, 5.41) is 3.44. The van der Waals surface area contributed by atoms with Crippen molar-refractivity contribution >= 4 is 17.4 Å². The number of fused-ring (bicyclic) bond motifs is 2. The Morgan fingerprint density at radius 3 is 1.87 bits per heavy atom. The summed E-state index contributed by atoms with van der Waals surface area (Å²) in [6.45, 7) is 0.700. The molecule has 1 aliphatic heterocycles. The van der Waals surface area contributed by atoms with E-state index >= 15 is 0 Å². The van der Waals surface area contributed by atoms with Crippen molar-refractivity contribution in [1.29, 1.82) is 0 Å². The zero-order valence-corrected chi connectivity index (χ0v) is 14.4. The van der Waals surface area contributed by atoms with Crippen LogP contribution in [0.2, 0.25) is 0 Å². The monoisotopic (exact) mass is 333 g/mol. The van der Waals surface area contributed by atoms with E-state index in [1.54, 1.807) is 40.2 Å². The Bertz CT molecular complexity index is 672. The minimum Gasteiger partial charge on any atom is -0.493 e. The number of benzene rings is 2. The lowest BCUT2D eigenvalue weighted by atomic mass is 10.2. The van der Waals surface area contributed by atoms with E-state index in [1.807, 2.05) is 24.3 Å². The van der Waals surface area contributed by atoms with Gasteiger partial charge in [-0.15, -0.1) is 0 Å². The van der Waals surface area contributed by atoms with Gasteiger partial charge in [0.1, 0.15) is 0 Å². The quantitative estimate of drug-likeness (QED) is 0.918. The van der Waals surface area contributed by atoms with Gasteiger partial charge in [-0.2, -0.15) is 0 Å². The molecule has 2 aromatic carbocycles. The van der Waals surface area contributed by atoms with Crippen LogP contribution in [0.15, 0.2) is 34.1 Å². The minimum atomic E-state index is 0.700. The molecule has 0 unspecified atom stereocenters. The van der Waals surface area contributed by atoms with Gasteiger partial charge in [0.05, 0.1) is 34.1 Å². The molecule has 0 aromatic heterocycles. The topological polar surface area (TPSA) is 49.0 Å². The molecule has 122 valence electrons. The number of ether oxygens (including phenoxy) is 4. The molecule has 3 rings (SSSR count). The number of nitrogens with one attached hydrogen (secondary N) is 1. The average Bonchev–Trinajstić information content (AvgIpc) is 2.77. The lowest BCUT2D eigenvalue weighted by Gasteiger charge is -2.13. The zero-order valence-electron chi connectivity index (χ0n) is 13.6. The fraction of sp³-hybridized carbons (Fsp3) is 0.294. The standard InChI is InChI=1S/C17H19NO4S/c1-19-12-5-10-9-18-11-6-13(20-2)15(22-4)8-17(11)23-16(10)7-14(12)21-3/h5-8,18H,9H2,1-4H3. The van der Waals surface area contributed by atoms with Gasteiger partial charge in [0.2, 0.25) is 0 Å². The molecule has 23 heavy (non-hydrogen) atoms. The van der Waals surface area contributed by atoms with Crippen LogP contribution < -0.4 is 24.3 Å². The number of anilines is 1. The predicted molar refractivity (Wildman–Crippen MR) is 90.5 cm³/mol. The molecule has 0 aliphatic carbocycles. The Hall–Kier alpha value is -2.21. The fourth-order valence-corrected chi connectivity index (χ4v) is 3.60. The largest absolute Gasteiger partial charge is 0.493 e. The Labute approximate surface area is 139 Å². The molecule has 2 aromatic rings. The molecule has 0 atom stereocenters. The van der Waals surface area contributed by atoms with E-state index < -0.39 is 0 Å². The van der Waals surface area contributed by atoms with Crippen molar-refractivity contribution in [1.82, 2.24) is 0 Å². The van der Waals surface area contributed by atoms with E-state index in [-0.39, 0.29) is 0 Å². The second kappa shape index (κ2) is 6.50. The first-order chi connectivity index (χ1) is 11.2. The van der Waals surface area contributed by atoms with Crippen molar-refractivity contribution in [2.75, 3.05) is 33.8 Å². The Balaban J connectivity index is 2.06. The molecule has 0 fully saturated rings. The Morgan fingerprint density at radius 1 is 0.739 bits per heavy atom. The maximum atomic E-state index is 5.41. The van der Waals surface area contributed by atoms with E-state index in [4.69, 9.17) is 18.9 Å². The summed E-state index contributed by atoms with van der Waals surface area (Å²) in [7, 11) is 6.57. The summed E-state index contributed by atoms with van der Waals surface area (Å²) >= 11 is 1.67. The highest BCUT2D eigenvalue weighted by Gasteiger charge is 2.19. The number of methoxy groups -OCH3 is 4. The molecule has 5 nitrogen and oxygen atoms in total. The SMILES string of the molecule is COc1cc2c(cc1OC)Sc1cc(OC)c(OC)cc1NC2. The first kappa shape index (κ1) is 15.7. The summed E-state index contributed by atoms with van der Waals surface area (Å²) < 4.78 is 21.6. The van der Waals surface area contributed by atoms with Crippen LogP contribution in [-0.2, 0) is 6.54 Å². The third kappa shape index (κ3) is 2.86. The van der Waals surface area contributed by atoms with Gasteiger partial charge in [0.15, 0.2) is 23.0 Å². The third-order valence-electron chi connectivity index (χ3n) is 3.74. The summed E-state index contributed by atoms with van der Waals surface area (Å²) in [5.74, 6) is 2.88. The maximum absolute atomic E-state index is 5.41. The Kier molecular flexibility index (Phi) is 4.43. The van der Waals surface area contributed by atoms with Crippen molar-refractivity contribution in [3.8, 4) is 23.0 Å². The van der Waals surface area contributed by atoms with E-state index in [0.717, 1.165) is 32.5 Å². The Morgan fingerprint density at radius 2 is 1.26 bits per heavy atom. The molecule has 0 spiro atoms. The van der Waals surface area contributed by atoms with Crippen molar-refractivity contribution in [2.24, 2.45) is 0 Å². The van der Waals surface area contributed by atoms with Crippen molar-refractivity contribution in [3.63, 3.8) is 0 Å². The first-order valence-electron chi connectivity index (χ1n) is 7.12. The number of rotatable bonds is 4. The van der Waals surface area contributed by atoms with Gasteiger partial charge in [-0.05, 0) is 17.7 Å². The molecular weight excluding hydrogens is 314 g/mol. The van der Waals surface area contributed by atoms with Gasteiger partial charge in [0.25, 0.3) is 0 Å². The second-order valence-electron chi connectivity index (χ2n) is 4.97. The molecule has 1 N–H and O–H groups in total. The summed E-state index contributed by atoms with van der Waals surface area (Å²) in [4.78, 5) is 2.20. The normalized spacial score (nSPS) is 12.3. The zero-order chi connectivity index (χ0) is 16.4. The van der Waals surface area contributed by atoms with Crippen LogP contribution in [0.25, 0.3) is 0 Å². The summed E-state index contributed by atoms with van der Waals surface area (Å²) in [6, 6.07) is 7.96. The molecule has 6 heteroatoms. The highest BCUT2D eigenvalue weighted by atomic mass is 32.2. The second-order valence-corrected chi connectivity index (χ2v) is 6.06. The van der Waals surface area contributed by atoms with Crippen molar-refractivity contribution in [3.05, 3.63) is 29.8 Å². The van der Waals surface area contributed by atoms with E-state index in [0.29, 0.717) is 18.0 Å². The molecule has 0 radical (unpaired) electrons. The average molecular weight is 333 g/mol. The predicted octanol–water partition coefficient (Wildman–Crippen LogP) is 3.80. The number of hydrogen-bond acceptors (Lipinski definition) is 6. The molecule has 1 heterocycles. The molecule has 0 saturated heterocycles. The lowest BCUT2D eigenvalue weighted by molar-refractivity contribution is 0.353. The molecule has 0 saturated carbocycles. The van der Waals surface area contributed by atoms with Gasteiger partial charge in [-0.25, -0.2) is 0 Å². The van der Waals surface area contributed by atoms with Crippen LogP contribution in [0.5, 0.6) is 23.0 Å². The van der Waals surface area contributed by atoms with E-state index in [9.17, 15) is 0 Å². The number of hydrogen-bond donors (Lipinski definition) is 1. The van der Waals surface area contributed by atoms with Crippen LogP contribution in [-0.4, -0.2) is 28.4 Å². The van der Waals surface area contributed by atoms with Crippen LogP contribution >= 0.6 is 11.8 Å². The van der Waals surface area contributed by atoms with Crippen LogP contribution in [0.3, 0.4) is 0 Å². The molecule has 1 aliphatic rings. The van der Waals surface area contributed by atoms with Gasteiger partial charge >= 0.3 is 0 Å². The van der Waals surface area contributed by atoms with Crippen LogP contribution in [0.4, 0.5) is 5.69 Å². The van der Waals surface area contributed by atoms with Gasteiger partial charge in [0, 0.05) is 28.5 Å². The first-order valence-corrected chi connectivity index (χ1v) is 7.94. The van der Waals surface area contributed by atoms with E-state index in [2.05, 4.69) is 5.32 Å². The molecular formula is C17H19NO4S. The summed E-state index contributed by atoms with van der Waals surface area (Å²) in [5.41, 5.74) is 2.17.